The Morgan fingerprint density at radius 2 is 1.73 bits per heavy atom. The van der Waals surface area contributed by atoms with Gasteiger partial charge in [0, 0.05) is 42.0 Å². The van der Waals surface area contributed by atoms with Gasteiger partial charge >= 0.3 is 6.01 Å². The Hall–Kier alpha value is -5.45. The molecule has 2 amide bonds. The minimum absolute atomic E-state index is 0.0272. The fourth-order valence-corrected chi connectivity index (χ4v) is 5.34. The van der Waals surface area contributed by atoms with Crippen molar-refractivity contribution in [2.24, 2.45) is 0 Å². The highest BCUT2D eigenvalue weighted by molar-refractivity contribution is 6.12. The predicted molar refractivity (Wildman–Crippen MR) is 157 cm³/mol. The summed E-state index contributed by atoms with van der Waals surface area (Å²) in [5.74, 6) is -3.17. The molecule has 6 aromatic rings. The molecular formula is C33H23F3N4O4. The SMILES string of the molecule is CNC(=O)c1c(-c2ccc(F)cc2)oc2ccc(-c3cc(C(=O)N(c4nc5cnccc5o4)C4CC4)cc(F)c3C)c(F)c12. The third-order valence-corrected chi connectivity index (χ3v) is 7.75. The van der Waals surface area contributed by atoms with Gasteiger partial charge in [0.2, 0.25) is 0 Å². The number of hydrogen-bond acceptors (Lipinski definition) is 6. The normalized spacial score (nSPS) is 13.0. The van der Waals surface area contributed by atoms with Gasteiger partial charge in [0.1, 0.15) is 34.3 Å². The zero-order valence-electron chi connectivity index (χ0n) is 23.5. The van der Waals surface area contributed by atoms with Crippen LogP contribution < -0.4 is 10.2 Å². The highest BCUT2D eigenvalue weighted by Crippen LogP contribution is 2.40. The van der Waals surface area contributed by atoms with Crippen molar-refractivity contribution in [2.45, 2.75) is 25.8 Å². The number of aromatic nitrogens is 2. The maximum atomic E-state index is 16.5. The van der Waals surface area contributed by atoms with Gasteiger partial charge in [-0.05, 0) is 79.4 Å². The average Bonchev–Trinajstić information content (AvgIpc) is 3.63. The quantitative estimate of drug-likeness (QED) is 0.218. The molecule has 0 radical (unpaired) electrons. The molecule has 1 N–H and O–H groups in total. The third-order valence-electron chi connectivity index (χ3n) is 7.75. The van der Waals surface area contributed by atoms with E-state index in [-0.39, 0.29) is 56.6 Å². The van der Waals surface area contributed by atoms with Crippen LogP contribution in [0.15, 0.2) is 75.8 Å². The van der Waals surface area contributed by atoms with E-state index in [1.807, 2.05) is 0 Å². The summed E-state index contributed by atoms with van der Waals surface area (Å²) in [5.41, 5.74) is 1.43. The number of nitrogens with one attached hydrogen (secondary N) is 1. The van der Waals surface area contributed by atoms with E-state index in [1.54, 1.807) is 12.3 Å². The molecule has 0 bridgehead atoms. The molecule has 0 atom stereocenters. The number of amides is 2. The first kappa shape index (κ1) is 27.4. The molecule has 1 fully saturated rings. The third kappa shape index (κ3) is 4.48. The van der Waals surface area contributed by atoms with Crippen molar-refractivity contribution in [3.8, 4) is 22.5 Å². The summed E-state index contributed by atoms with van der Waals surface area (Å²) in [7, 11) is 1.39. The Balaban J connectivity index is 1.36. The van der Waals surface area contributed by atoms with Gasteiger partial charge in [0.15, 0.2) is 5.58 Å². The van der Waals surface area contributed by atoms with Crippen molar-refractivity contribution in [2.75, 3.05) is 11.9 Å². The zero-order valence-corrected chi connectivity index (χ0v) is 23.5. The number of carbonyl (C=O) groups is 2. The van der Waals surface area contributed by atoms with Crippen molar-refractivity contribution in [3.63, 3.8) is 0 Å². The van der Waals surface area contributed by atoms with Crippen LogP contribution in [0, 0.1) is 24.4 Å². The van der Waals surface area contributed by atoms with Gasteiger partial charge in [-0.2, -0.15) is 4.98 Å². The van der Waals surface area contributed by atoms with E-state index in [9.17, 15) is 14.0 Å². The lowest BCUT2D eigenvalue weighted by molar-refractivity contribution is 0.0961. The molecule has 44 heavy (non-hydrogen) atoms. The van der Waals surface area contributed by atoms with Gasteiger partial charge < -0.3 is 14.2 Å². The number of benzene rings is 3. The molecule has 1 saturated carbocycles. The van der Waals surface area contributed by atoms with Gasteiger partial charge in [-0.3, -0.25) is 19.5 Å². The Morgan fingerprint density at radius 3 is 2.43 bits per heavy atom. The molecule has 1 aliphatic rings. The van der Waals surface area contributed by atoms with Crippen molar-refractivity contribution in [1.29, 1.82) is 0 Å². The molecule has 11 heteroatoms. The van der Waals surface area contributed by atoms with E-state index in [0.717, 1.165) is 6.07 Å². The van der Waals surface area contributed by atoms with E-state index in [2.05, 4.69) is 15.3 Å². The van der Waals surface area contributed by atoms with Crippen LogP contribution in [-0.2, 0) is 0 Å². The number of anilines is 1. The van der Waals surface area contributed by atoms with Crippen molar-refractivity contribution in [3.05, 3.63) is 101 Å². The van der Waals surface area contributed by atoms with E-state index in [4.69, 9.17) is 8.83 Å². The van der Waals surface area contributed by atoms with Gasteiger partial charge in [-0.15, -0.1) is 0 Å². The van der Waals surface area contributed by atoms with Crippen LogP contribution in [-0.4, -0.2) is 34.9 Å². The maximum Gasteiger partial charge on any atom is 0.305 e. The van der Waals surface area contributed by atoms with Gasteiger partial charge in [-0.1, -0.05) is 0 Å². The van der Waals surface area contributed by atoms with Crippen LogP contribution in [0.4, 0.5) is 19.2 Å². The lowest BCUT2D eigenvalue weighted by Crippen LogP contribution is -2.33. The Morgan fingerprint density at radius 1 is 0.955 bits per heavy atom. The van der Waals surface area contributed by atoms with Crippen LogP contribution >= 0.6 is 0 Å². The van der Waals surface area contributed by atoms with Crippen LogP contribution in [0.1, 0.15) is 39.1 Å². The summed E-state index contributed by atoms with van der Waals surface area (Å²) in [6.07, 6.45) is 4.50. The monoisotopic (exact) mass is 596 g/mol. The summed E-state index contributed by atoms with van der Waals surface area (Å²) >= 11 is 0. The van der Waals surface area contributed by atoms with Crippen molar-refractivity contribution in [1.82, 2.24) is 15.3 Å². The van der Waals surface area contributed by atoms with Crippen LogP contribution in [0.2, 0.25) is 0 Å². The second kappa shape index (κ2) is 10.4. The first-order chi connectivity index (χ1) is 21.2. The summed E-state index contributed by atoms with van der Waals surface area (Å²) in [5, 5.41) is 2.37. The topological polar surface area (TPSA) is 101 Å². The molecule has 220 valence electrons. The number of nitrogens with zero attached hydrogens (tertiary/aromatic N) is 3. The minimum atomic E-state index is -0.837. The fourth-order valence-electron chi connectivity index (χ4n) is 5.34. The molecule has 0 unspecified atom stereocenters. The summed E-state index contributed by atoms with van der Waals surface area (Å²) in [6.45, 7) is 1.48. The molecule has 3 heterocycles. The largest absolute Gasteiger partial charge is 0.455 e. The van der Waals surface area contributed by atoms with Crippen molar-refractivity contribution < 1.29 is 31.6 Å². The predicted octanol–water partition coefficient (Wildman–Crippen LogP) is 7.20. The highest BCUT2D eigenvalue weighted by Gasteiger charge is 2.38. The lowest BCUT2D eigenvalue weighted by Gasteiger charge is -2.19. The number of carbonyl (C=O) groups excluding carboxylic acids is 2. The molecule has 0 spiro atoms. The first-order valence-corrected chi connectivity index (χ1v) is 13.8. The van der Waals surface area contributed by atoms with E-state index < -0.39 is 29.3 Å². The maximum absolute atomic E-state index is 16.5. The summed E-state index contributed by atoms with van der Waals surface area (Å²) in [4.78, 5) is 36.7. The van der Waals surface area contributed by atoms with Crippen LogP contribution in [0.3, 0.4) is 0 Å². The van der Waals surface area contributed by atoms with E-state index in [0.29, 0.717) is 29.5 Å². The summed E-state index contributed by atoms with van der Waals surface area (Å²) in [6, 6.07) is 12.2. The smallest absolute Gasteiger partial charge is 0.305 e. The molecule has 0 aliphatic heterocycles. The molecule has 1 aliphatic carbocycles. The lowest BCUT2D eigenvalue weighted by atomic mass is 9.94. The number of pyridine rings is 1. The van der Waals surface area contributed by atoms with Gasteiger partial charge in [-0.25, -0.2) is 13.2 Å². The Kier molecular flexibility index (Phi) is 6.45. The fraction of sp³-hybridized carbons (Fsp3) is 0.152. The molecule has 0 saturated heterocycles. The second-order valence-electron chi connectivity index (χ2n) is 10.6. The number of hydrogen-bond donors (Lipinski definition) is 1. The molecular weight excluding hydrogens is 573 g/mol. The number of rotatable bonds is 6. The first-order valence-electron chi connectivity index (χ1n) is 13.8. The number of fused-ring (bicyclic) bond motifs is 2. The zero-order chi connectivity index (χ0) is 30.7. The highest BCUT2D eigenvalue weighted by atomic mass is 19.1. The van der Waals surface area contributed by atoms with Crippen molar-refractivity contribution >= 4 is 39.9 Å². The Labute approximate surface area is 248 Å². The molecule has 7 rings (SSSR count). The summed E-state index contributed by atoms with van der Waals surface area (Å²) < 4.78 is 57.3. The van der Waals surface area contributed by atoms with Gasteiger partial charge in [0.05, 0.1) is 17.1 Å². The van der Waals surface area contributed by atoms with E-state index in [1.165, 1.54) is 67.5 Å². The number of furan rings is 1. The molecule has 8 nitrogen and oxygen atoms in total. The number of halogens is 3. The molecule has 3 aromatic carbocycles. The van der Waals surface area contributed by atoms with E-state index >= 15 is 8.78 Å². The minimum Gasteiger partial charge on any atom is -0.455 e. The standard InChI is InChI=1S/C33H23F3N4O4/c1-16-22(13-18(14-23(16)35)32(42)40(20-7-8-20)33-39-24-15-38-12-11-25(24)44-33)21-9-10-26-27(29(21)36)28(31(41)37-2)30(43-26)17-3-5-19(34)6-4-17/h3-6,9-15,20H,7-8H2,1-2H3,(H,37,41). The Bertz CT molecular complexity index is 2080. The van der Waals surface area contributed by atoms with Gasteiger partial charge in [0.25, 0.3) is 11.8 Å². The average molecular weight is 597 g/mol. The molecule has 3 aromatic heterocycles. The van der Waals surface area contributed by atoms with Crippen LogP contribution in [0.5, 0.6) is 0 Å². The number of oxazole rings is 1. The second-order valence-corrected chi connectivity index (χ2v) is 10.6. The van der Waals surface area contributed by atoms with Crippen LogP contribution in [0.25, 0.3) is 44.5 Å².